The molecule has 6 rings (SSSR count). The Bertz CT molecular complexity index is 1040. The van der Waals surface area contributed by atoms with E-state index in [-0.39, 0.29) is 23.9 Å². The molecule has 3 heterocycles. The van der Waals surface area contributed by atoms with E-state index in [2.05, 4.69) is 41.3 Å². The molecule has 0 spiro atoms. The summed E-state index contributed by atoms with van der Waals surface area (Å²) in [6.45, 7) is 3.48. The number of benzene rings is 2. The van der Waals surface area contributed by atoms with E-state index in [0.29, 0.717) is 26.1 Å². The van der Waals surface area contributed by atoms with Crippen molar-refractivity contribution in [3.05, 3.63) is 70.8 Å². The lowest BCUT2D eigenvalue weighted by Gasteiger charge is -2.50. The molecule has 2 aromatic rings. The molecule has 2 saturated heterocycles. The van der Waals surface area contributed by atoms with Crippen molar-refractivity contribution in [1.29, 1.82) is 0 Å². The molecule has 33 heavy (non-hydrogen) atoms. The molecule has 5 heteroatoms. The molecule has 5 nitrogen and oxygen atoms in total. The van der Waals surface area contributed by atoms with E-state index in [0.717, 1.165) is 19.0 Å². The zero-order valence-electron chi connectivity index (χ0n) is 19.3. The fourth-order valence-electron chi connectivity index (χ4n) is 6.41. The van der Waals surface area contributed by atoms with Gasteiger partial charge in [-0.3, -0.25) is 14.5 Å². The minimum absolute atomic E-state index is 0.117. The first-order chi connectivity index (χ1) is 16.2. The van der Waals surface area contributed by atoms with Crippen LogP contribution in [0.3, 0.4) is 0 Å². The van der Waals surface area contributed by atoms with Crippen LogP contribution in [-0.2, 0) is 29.1 Å². The highest BCUT2D eigenvalue weighted by Crippen LogP contribution is 2.33. The van der Waals surface area contributed by atoms with Crippen LogP contribution in [0, 0.1) is 0 Å². The van der Waals surface area contributed by atoms with Crippen LogP contribution >= 0.6 is 0 Å². The lowest BCUT2D eigenvalue weighted by atomic mass is 9.84. The minimum atomic E-state index is -0.353. The molecule has 0 aromatic heterocycles. The molecule has 2 unspecified atom stereocenters. The quantitative estimate of drug-likeness (QED) is 0.726. The van der Waals surface area contributed by atoms with Crippen LogP contribution in [0.2, 0.25) is 0 Å². The van der Waals surface area contributed by atoms with Gasteiger partial charge in [-0.05, 0) is 41.0 Å². The van der Waals surface area contributed by atoms with Gasteiger partial charge in [0, 0.05) is 39.1 Å². The molecule has 2 aromatic carbocycles. The molecule has 3 fully saturated rings. The molecule has 0 radical (unpaired) electrons. The Morgan fingerprint density at radius 1 is 0.758 bits per heavy atom. The molecular formula is C28H33N3O2. The van der Waals surface area contributed by atoms with Gasteiger partial charge in [0.2, 0.25) is 11.8 Å². The van der Waals surface area contributed by atoms with Gasteiger partial charge in [0.05, 0.1) is 0 Å². The number of nitrogens with zero attached hydrogens (tertiary/aromatic N) is 3. The normalized spacial score (nSPS) is 26.1. The standard InChI is InChI=1S/C28H33N3O2/c32-27-25-16-23-8-4-5-9-24(23)18-31(25)28(33)26-19-29(14-15-30(26)27)17-20-10-12-22(13-11-20)21-6-2-1-3-7-21/h4-5,8-13,21,25-26H,1-3,6-7,14-19H2. The predicted octanol–water partition coefficient (Wildman–Crippen LogP) is 3.71. The molecule has 2 atom stereocenters. The summed E-state index contributed by atoms with van der Waals surface area (Å²) in [6.07, 6.45) is 7.37. The van der Waals surface area contributed by atoms with Crippen molar-refractivity contribution in [3.8, 4) is 0 Å². The zero-order valence-corrected chi connectivity index (χ0v) is 19.3. The monoisotopic (exact) mass is 443 g/mol. The summed E-state index contributed by atoms with van der Waals surface area (Å²) in [5, 5.41) is 0. The molecule has 2 amide bonds. The number of carbonyl (C=O) groups is 2. The van der Waals surface area contributed by atoms with Crippen LogP contribution in [0.5, 0.6) is 0 Å². The molecule has 1 aliphatic carbocycles. The largest absolute Gasteiger partial charge is 0.326 e. The van der Waals surface area contributed by atoms with Crippen LogP contribution < -0.4 is 0 Å². The first kappa shape index (κ1) is 20.9. The van der Waals surface area contributed by atoms with E-state index in [9.17, 15) is 9.59 Å². The van der Waals surface area contributed by atoms with Crippen molar-refractivity contribution < 1.29 is 9.59 Å². The molecule has 3 aliphatic heterocycles. The third kappa shape index (κ3) is 3.86. The Kier molecular flexibility index (Phi) is 5.45. The smallest absolute Gasteiger partial charge is 0.247 e. The van der Waals surface area contributed by atoms with Crippen molar-refractivity contribution in [2.75, 3.05) is 19.6 Å². The van der Waals surface area contributed by atoms with E-state index in [1.54, 1.807) is 0 Å². The first-order valence-corrected chi connectivity index (χ1v) is 12.7. The topological polar surface area (TPSA) is 43.9 Å². The third-order valence-electron chi connectivity index (χ3n) is 8.31. The number of amides is 2. The number of hydrogen-bond acceptors (Lipinski definition) is 3. The van der Waals surface area contributed by atoms with Gasteiger partial charge in [-0.1, -0.05) is 67.8 Å². The molecule has 172 valence electrons. The van der Waals surface area contributed by atoms with Gasteiger partial charge in [-0.15, -0.1) is 0 Å². The summed E-state index contributed by atoms with van der Waals surface area (Å²) in [6, 6.07) is 16.7. The lowest BCUT2D eigenvalue weighted by molar-refractivity contribution is -0.167. The van der Waals surface area contributed by atoms with E-state index in [1.807, 2.05) is 21.9 Å². The number of rotatable bonds is 3. The van der Waals surface area contributed by atoms with Crippen molar-refractivity contribution in [2.45, 2.75) is 69.6 Å². The second-order valence-electron chi connectivity index (χ2n) is 10.3. The van der Waals surface area contributed by atoms with Crippen molar-refractivity contribution >= 4 is 11.8 Å². The van der Waals surface area contributed by atoms with Crippen LogP contribution in [0.15, 0.2) is 48.5 Å². The average Bonchev–Trinajstić information content (AvgIpc) is 2.87. The summed E-state index contributed by atoms with van der Waals surface area (Å²) in [5.41, 5.74) is 5.15. The third-order valence-corrected chi connectivity index (χ3v) is 8.31. The fraction of sp³-hybridized carbons (Fsp3) is 0.500. The minimum Gasteiger partial charge on any atom is -0.326 e. The summed E-state index contributed by atoms with van der Waals surface area (Å²) < 4.78 is 0. The maximum absolute atomic E-state index is 13.5. The summed E-state index contributed by atoms with van der Waals surface area (Å²) in [5.74, 6) is 0.974. The fourth-order valence-corrected chi connectivity index (χ4v) is 6.41. The number of carbonyl (C=O) groups excluding carboxylic acids is 2. The van der Waals surface area contributed by atoms with Crippen LogP contribution in [0.25, 0.3) is 0 Å². The van der Waals surface area contributed by atoms with E-state index in [4.69, 9.17) is 0 Å². The van der Waals surface area contributed by atoms with Gasteiger partial charge in [-0.25, -0.2) is 0 Å². The van der Waals surface area contributed by atoms with Crippen LogP contribution in [0.1, 0.15) is 60.3 Å². The van der Waals surface area contributed by atoms with Gasteiger partial charge in [0.1, 0.15) is 12.1 Å². The number of piperazine rings is 2. The maximum Gasteiger partial charge on any atom is 0.247 e. The van der Waals surface area contributed by atoms with E-state index >= 15 is 0 Å². The van der Waals surface area contributed by atoms with Gasteiger partial charge < -0.3 is 9.80 Å². The zero-order chi connectivity index (χ0) is 22.4. The molecule has 0 N–H and O–H groups in total. The molecule has 0 bridgehead atoms. The summed E-state index contributed by atoms with van der Waals surface area (Å²) in [4.78, 5) is 32.8. The Hall–Kier alpha value is -2.66. The second kappa shape index (κ2) is 8.60. The SMILES string of the molecule is O=C1C2Cc3ccccc3CN2C(=O)C2CN(Cc3ccc(C4CCCCC4)cc3)CCN12. The Morgan fingerprint density at radius 2 is 1.48 bits per heavy atom. The number of fused-ring (bicyclic) bond motifs is 3. The van der Waals surface area contributed by atoms with Gasteiger partial charge >= 0.3 is 0 Å². The van der Waals surface area contributed by atoms with Crippen molar-refractivity contribution in [1.82, 2.24) is 14.7 Å². The lowest BCUT2D eigenvalue weighted by Crippen LogP contribution is -2.70. The van der Waals surface area contributed by atoms with Gasteiger partial charge in [-0.2, -0.15) is 0 Å². The maximum atomic E-state index is 13.5. The highest BCUT2D eigenvalue weighted by atomic mass is 16.2. The van der Waals surface area contributed by atoms with E-state index in [1.165, 1.54) is 54.4 Å². The highest BCUT2D eigenvalue weighted by Gasteiger charge is 2.49. The van der Waals surface area contributed by atoms with Crippen molar-refractivity contribution in [2.24, 2.45) is 0 Å². The predicted molar refractivity (Wildman–Crippen MR) is 128 cm³/mol. The Balaban J connectivity index is 1.14. The van der Waals surface area contributed by atoms with Crippen LogP contribution in [0.4, 0.5) is 0 Å². The van der Waals surface area contributed by atoms with E-state index < -0.39 is 0 Å². The average molecular weight is 444 g/mol. The van der Waals surface area contributed by atoms with Gasteiger partial charge in [0.15, 0.2) is 0 Å². The second-order valence-corrected chi connectivity index (χ2v) is 10.3. The highest BCUT2D eigenvalue weighted by molar-refractivity contribution is 5.98. The molecule has 1 saturated carbocycles. The number of hydrogen-bond donors (Lipinski definition) is 0. The molecule has 4 aliphatic rings. The first-order valence-electron chi connectivity index (χ1n) is 12.7. The summed E-state index contributed by atoms with van der Waals surface area (Å²) in [7, 11) is 0. The van der Waals surface area contributed by atoms with Crippen molar-refractivity contribution in [3.63, 3.8) is 0 Å². The van der Waals surface area contributed by atoms with Crippen LogP contribution in [-0.4, -0.2) is 58.2 Å². The summed E-state index contributed by atoms with van der Waals surface area (Å²) >= 11 is 0. The Morgan fingerprint density at radius 3 is 2.27 bits per heavy atom. The van der Waals surface area contributed by atoms with Gasteiger partial charge in [0.25, 0.3) is 0 Å². The Labute approximate surface area is 196 Å². The molecular weight excluding hydrogens is 410 g/mol.